The maximum absolute atomic E-state index is 12.6. The molecule has 0 N–H and O–H groups in total. The first-order valence-corrected chi connectivity index (χ1v) is 7.43. The van der Waals surface area contributed by atoms with Gasteiger partial charge in [-0.3, -0.25) is 0 Å². The summed E-state index contributed by atoms with van der Waals surface area (Å²) in [5.41, 5.74) is 2.93. The Hall–Kier alpha value is -2.37. The van der Waals surface area contributed by atoms with Crippen molar-refractivity contribution in [1.29, 1.82) is 0 Å². The SMILES string of the molecule is FC(F)(F)CN1CCCc2cc(N=Nc3ccccc3)ccc21. The molecule has 2 aromatic carbocycles. The standard InChI is InChI=1S/C17H16F3N3/c18-17(19,20)12-23-10-4-5-13-11-15(8-9-16(13)23)22-21-14-6-2-1-3-7-14/h1-3,6-9,11H,4-5,10,12H2. The Balaban J connectivity index is 1.80. The molecule has 120 valence electrons. The molecule has 23 heavy (non-hydrogen) atoms. The molecule has 0 amide bonds. The van der Waals surface area contributed by atoms with Crippen LogP contribution in [0.1, 0.15) is 12.0 Å². The normalized spacial score (nSPS) is 15.0. The number of azo groups is 1. The lowest BCUT2D eigenvalue weighted by atomic mass is 10.0. The molecule has 0 saturated carbocycles. The highest BCUT2D eigenvalue weighted by Crippen LogP contribution is 2.33. The van der Waals surface area contributed by atoms with Gasteiger partial charge in [-0.2, -0.15) is 23.4 Å². The van der Waals surface area contributed by atoms with Crippen molar-refractivity contribution < 1.29 is 13.2 Å². The molecule has 3 rings (SSSR count). The summed E-state index contributed by atoms with van der Waals surface area (Å²) in [5.74, 6) is 0. The summed E-state index contributed by atoms with van der Waals surface area (Å²) in [6, 6.07) is 14.6. The highest BCUT2D eigenvalue weighted by molar-refractivity contribution is 5.61. The van der Waals surface area contributed by atoms with E-state index in [0.717, 1.165) is 17.7 Å². The van der Waals surface area contributed by atoms with Gasteiger partial charge in [0.2, 0.25) is 0 Å². The minimum atomic E-state index is -4.19. The molecular weight excluding hydrogens is 303 g/mol. The molecule has 0 aliphatic carbocycles. The average Bonchev–Trinajstić information content (AvgIpc) is 2.52. The van der Waals surface area contributed by atoms with E-state index in [1.54, 1.807) is 12.1 Å². The number of benzene rings is 2. The fraction of sp³-hybridized carbons (Fsp3) is 0.294. The van der Waals surface area contributed by atoms with Gasteiger partial charge in [0, 0.05) is 12.2 Å². The zero-order valence-electron chi connectivity index (χ0n) is 12.4. The van der Waals surface area contributed by atoms with Crippen LogP contribution in [0, 0.1) is 0 Å². The summed E-state index contributed by atoms with van der Waals surface area (Å²) in [7, 11) is 0. The molecule has 0 atom stereocenters. The van der Waals surface area contributed by atoms with Crippen LogP contribution in [0.4, 0.5) is 30.2 Å². The molecule has 6 heteroatoms. The van der Waals surface area contributed by atoms with Gasteiger partial charge in [-0.25, -0.2) is 0 Å². The van der Waals surface area contributed by atoms with Gasteiger partial charge in [0.25, 0.3) is 0 Å². The summed E-state index contributed by atoms with van der Waals surface area (Å²) >= 11 is 0. The third-order valence-corrected chi connectivity index (χ3v) is 3.69. The van der Waals surface area contributed by atoms with Crippen LogP contribution in [-0.4, -0.2) is 19.3 Å². The predicted molar refractivity (Wildman–Crippen MR) is 83.6 cm³/mol. The highest BCUT2D eigenvalue weighted by atomic mass is 19.4. The van der Waals surface area contributed by atoms with Crippen LogP contribution >= 0.6 is 0 Å². The van der Waals surface area contributed by atoms with Crippen LogP contribution in [0.5, 0.6) is 0 Å². The number of nitrogens with zero attached hydrogens (tertiary/aromatic N) is 3. The summed E-state index contributed by atoms with van der Waals surface area (Å²) in [6.07, 6.45) is -2.72. The summed E-state index contributed by atoms with van der Waals surface area (Å²) in [5, 5.41) is 8.30. The molecule has 0 radical (unpaired) electrons. The smallest absolute Gasteiger partial charge is 0.362 e. The Morgan fingerprint density at radius 2 is 1.70 bits per heavy atom. The molecule has 0 saturated heterocycles. The first kappa shape index (κ1) is 15.5. The Bertz CT molecular complexity index is 696. The second-order valence-corrected chi connectivity index (χ2v) is 5.49. The first-order valence-electron chi connectivity index (χ1n) is 7.43. The molecule has 3 nitrogen and oxygen atoms in total. The van der Waals surface area contributed by atoms with Crippen LogP contribution in [0.25, 0.3) is 0 Å². The van der Waals surface area contributed by atoms with E-state index in [1.807, 2.05) is 36.4 Å². The van der Waals surface area contributed by atoms with E-state index in [0.29, 0.717) is 24.3 Å². The van der Waals surface area contributed by atoms with Gasteiger partial charge >= 0.3 is 6.18 Å². The fourth-order valence-electron chi connectivity index (χ4n) is 2.71. The number of anilines is 1. The van der Waals surface area contributed by atoms with Crippen molar-refractivity contribution in [3.63, 3.8) is 0 Å². The summed E-state index contributed by atoms with van der Waals surface area (Å²) in [6.45, 7) is -0.484. The van der Waals surface area contributed by atoms with Crippen molar-refractivity contribution in [2.45, 2.75) is 19.0 Å². The maximum atomic E-state index is 12.6. The van der Waals surface area contributed by atoms with Crippen LogP contribution in [-0.2, 0) is 6.42 Å². The number of hydrogen-bond acceptors (Lipinski definition) is 3. The molecule has 1 heterocycles. The molecule has 0 unspecified atom stereocenters. The zero-order chi connectivity index (χ0) is 16.3. The van der Waals surface area contributed by atoms with E-state index in [-0.39, 0.29) is 0 Å². The quantitative estimate of drug-likeness (QED) is 0.694. The number of halogens is 3. The van der Waals surface area contributed by atoms with E-state index in [2.05, 4.69) is 10.2 Å². The second-order valence-electron chi connectivity index (χ2n) is 5.49. The van der Waals surface area contributed by atoms with Crippen molar-refractivity contribution in [2.75, 3.05) is 18.0 Å². The van der Waals surface area contributed by atoms with Crippen LogP contribution in [0.3, 0.4) is 0 Å². The van der Waals surface area contributed by atoms with Crippen LogP contribution < -0.4 is 4.90 Å². The van der Waals surface area contributed by atoms with E-state index < -0.39 is 12.7 Å². The number of fused-ring (bicyclic) bond motifs is 1. The van der Waals surface area contributed by atoms with Crippen molar-refractivity contribution >= 4 is 17.1 Å². The summed E-state index contributed by atoms with van der Waals surface area (Å²) in [4.78, 5) is 1.39. The van der Waals surface area contributed by atoms with Gasteiger partial charge in [-0.15, -0.1) is 0 Å². The molecule has 0 aromatic heterocycles. The first-order chi connectivity index (χ1) is 11.0. The predicted octanol–water partition coefficient (Wildman–Crippen LogP) is 5.42. The molecule has 0 spiro atoms. The minimum absolute atomic E-state index is 0.428. The van der Waals surface area contributed by atoms with Crippen LogP contribution in [0.15, 0.2) is 58.8 Å². The van der Waals surface area contributed by atoms with Crippen molar-refractivity contribution in [3.05, 3.63) is 54.1 Å². The third kappa shape index (κ3) is 4.09. The molecule has 2 aromatic rings. The van der Waals surface area contributed by atoms with E-state index in [1.165, 1.54) is 4.90 Å². The number of rotatable bonds is 3. The Kier molecular flexibility index (Phi) is 4.32. The van der Waals surface area contributed by atoms with Crippen molar-refractivity contribution in [2.24, 2.45) is 10.2 Å². The third-order valence-electron chi connectivity index (χ3n) is 3.69. The van der Waals surface area contributed by atoms with Gasteiger partial charge in [0.15, 0.2) is 0 Å². The van der Waals surface area contributed by atoms with Crippen LogP contribution in [0.2, 0.25) is 0 Å². The van der Waals surface area contributed by atoms with Gasteiger partial charge < -0.3 is 4.90 Å². The summed E-state index contributed by atoms with van der Waals surface area (Å²) < 4.78 is 37.9. The van der Waals surface area contributed by atoms with Gasteiger partial charge in [-0.1, -0.05) is 18.2 Å². The van der Waals surface area contributed by atoms with Crippen molar-refractivity contribution in [3.8, 4) is 0 Å². The average molecular weight is 319 g/mol. The molecule has 1 aliphatic heterocycles. The highest BCUT2D eigenvalue weighted by Gasteiger charge is 2.32. The fourth-order valence-corrected chi connectivity index (χ4v) is 2.71. The van der Waals surface area contributed by atoms with E-state index in [4.69, 9.17) is 0 Å². The molecule has 0 bridgehead atoms. The second kappa shape index (κ2) is 6.40. The van der Waals surface area contributed by atoms with E-state index >= 15 is 0 Å². The monoisotopic (exact) mass is 319 g/mol. The zero-order valence-corrected chi connectivity index (χ0v) is 12.4. The largest absolute Gasteiger partial charge is 0.405 e. The lowest BCUT2D eigenvalue weighted by Crippen LogP contribution is -2.37. The van der Waals surface area contributed by atoms with Gasteiger partial charge in [0.05, 0.1) is 11.4 Å². The minimum Gasteiger partial charge on any atom is -0.362 e. The molecule has 0 fully saturated rings. The van der Waals surface area contributed by atoms with Gasteiger partial charge in [-0.05, 0) is 48.7 Å². The topological polar surface area (TPSA) is 28.0 Å². The lowest BCUT2D eigenvalue weighted by Gasteiger charge is -2.31. The lowest BCUT2D eigenvalue weighted by molar-refractivity contribution is -0.119. The van der Waals surface area contributed by atoms with Crippen molar-refractivity contribution in [1.82, 2.24) is 0 Å². The van der Waals surface area contributed by atoms with Gasteiger partial charge in [0.1, 0.15) is 6.54 Å². The number of alkyl halides is 3. The Labute approximate surface area is 132 Å². The molecule has 1 aliphatic rings. The Morgan fingerprint density at radius 3 is 2.43 bits per heavy atom. The Morgan fingerprint density at radius 1 is 0.957 bits per heavy atom. The number of hydrogen-bond donors (Lipinski definition) is 0. The molecular formula is C17H16F3N3. The van der Waals surface area contributed by atoms with E-state index in [9.17, 15) is 13.2 Å². The number of aryl methyl sites for hydroxylation is 1. The maximum Gasteiger partial charge on any atom is 0.405 e.